The van der Waals surface area contributed by atoms with Crippen LogP contribution in [0.3, 0.4) is 0 Å². The van der Waals surface area contributed by atoms with Crippen LogP contribution < -0.4 is 11.0 Å². The molecule has 18 heavy (non-hydrogen) atoms. The van der Waals surface area contributed by atoms with Gasteiger partial charge in [-0.05, 0) is 6.92 Å². The van der Waals surface area contributed by atoms with E-state index >= 15 is 0 Å². The number of H-pyrrole nitrogens is 1. The summed E-state index contributed by atoms with van der Waals surface area (Å²) in [5.41, 5.74) is -3.81. The highest BCUT2D eigenvalue weighted by atomic mass is 19.2. The largest absolute Gasteiger partial charge is 0.504 e. The van der Waals surface area contributed by atoms with E-state index in [1.807, 2.05) is 4.98 Å². The van der Waals surface area contributed by atoms with E-state index in [1.54, 1.807) is 0 Å². The molecule has 1 aromatic heterocycles. The van der Waals surface area contributed by atoms with E-state index in [0.717, 1.165) is 6.92 Å². The van der Waals surface area contributed by atoms with E-state index in [-0.39, 0.29) is 0 Å². The molecule has 7 heteroatoms. The lowest BCUT2D eigenvalue weighted by molar-refractivity contribution is 0.469. The number of hydrogen-bond donors (Lipinski definition) is 2. The summed E-state index contributed by atoms with van der Waals surface area (Å²) in [5.74, 6) is -5.50. The molecule has 1 heterocycles. The lowest BCUT2D eigenvalue weighted by atomic mass is 10.1. The van der Waals surface area contributed by atoms with Gasteiger partial charge in [0.2, 0.25) is 5.43 Å². The summed E-state index contributed by atoms with van der Waals surface area (Å²) >= 11 is 0. The zero-order valence-corrected chi connectivity index (χ0v) is 8.97. The third-order valence-electron chi connectivity index (χ3n) is 2.52. The lowest BCUT2D eigenvalue weighted by Crippen LogP contribution is -2.06. The van der Waals surface area contributed by atoms with Crippen LogP contribution >= 0.6 is 0 Å². The highest BCUT2D eigenvalue weighted by Crippen LogP contribution is 2.23. The van der Waals surface area contributed by atoms with E-state index in [9.17, 15) is 27.9 Å². The average Bonchev–Trinajstić information content (AvgIpc) is 2.42. The molecule has 2 N–H and O–H groups in total. The van der Waals surface area contributed by atoms with E-state index in [4.69, 9.17) is 0 Å². The third-order valence-corrected chi connectivity index (χ3v) is 2.52. The Hall–Kier alpha value is -2.31. The Balaban J connectivity index is 3.31. The SMILES string of the molecule is Cc1c(F)c(F)c2c(=O)c(O)cc(=O)[nH]c2c1F. The van der Waals surface area contributed by atoms with Crippen LogP contribution in [0.25, 0.3) is 10.9 Å². The molecule has 0 fully saturated rings. The summed E-state index contributed by atoms with van der Waals surface area (Å²) in [4.78, 5) is 24.6. The van der Waals surface area contributed by atoms with Gasteiger partial charge in [-0.25, -0.2) is 13.2 Å². The van der Waals surface area contributed by atoms with E-state index in [0.29, 0.717) is 6.07 Å². The number of nitrogens with one attached hydrogen (secondary N) is 1. The molecule has 0 aliphatic carbocycles. The maximum Gasteiger partial charge on any atom is 0.252 e. The molecule has 2 rings (SSSR count). The molecular weight excluding hydrogens is 251 g/mol. The molecule has 0 saturated heterocycles. The van der Waals surface area contributed by atoms with Crippen molar-refractivity contribution in [3.63, 3.8) is 0 Å². The maximum absolute atomic E-state index is 13.7. The Labute approximate surface area is 97.3 Å². The van der Waals surface area contributed by atoms with Gasteiger partial charge in [0.1, 0.15) is 0 Å². The Morgan fingerprint density at radius 1 is 1.11 bits per heavy atom. The van der Waals surface area contributed by atoms with Crippen LogP contribution in [0, 0.1) is 24.4 Å². The number of aromatic amines is 1. The number of hydrogen-bond acceptors (Lipinski definition) is 3. The second-order valence-electron chi connectivity index (χ2n) is 3.66. The molecule has 0 atom stereocenters. The molecule has 1 aromatic carbocycles. The summed E-state index contributed by atoms with van der Waals surface area (Å²) in [6.45, 7) is 0.961. The van der Waals surface area contributed by atoms with E-state index < -0.39 is 50.7 Å². The van der Waals surface area contributed by atoms with Gasteiger partial charge in [0.25, 0.3) is 5.56 Å². The number of aromatic hydroxyl groups is 1. The first kappa shape index (κ1) is 12.2. The Kier molecular flexibility index (Phi) is 2.61. The quantitative estimate of drug-likeness (QED) is 0.699. The fourth-order valence-corrected chi connectivity index (χ4v) is 1.59. The van der Waals surface area contributed by atoms with Crippen molar-refractivity contribution in [3.8, 4) is 5.75 Å². The molecule has 4 nitrogen and oxygen atoms in total. The first-order valence-corrected chi connectivity index (χ1v) is 4.78. The van der Waals surface area contributed by atoms with Crippen LogP contribution in [0.5, 0.6) is 5.75 Å². The Bertz CT molecular complexity index is 783. The molecule has 0 amide bonds. The normalized spacial score (nSPS) is 10.9. The highest BCUT2D eigenvalue weighted by Gasteiger charge is 2.20. The second kappa shape index (κ2) is 3.86. The van der Waals surface area contributed by atoms with Gasteiger partial charge in [0.05, 0.1) is 10.9 Å². The van der Waals surface area contributed by atoms with Gasteiger partial charge in [0.15, 0.2) is 23.2 Å². The minimum atomic E-state index is -1.61. The van der Waals surface area contributed by atoms with Crippen molar-refractivity contribution in [2.24, 2.45) is 0 Å². The molecule has 0 spiro atoms. The van der Waals surface area contributed by atoms with E-state index in [2.05, 4.69) is 0 Å². The first-order valence-electron chi connectivity index (χ1n) is 4.78. The molecule has 0 aliphatic rings. The van der Waals surface area contributed by atoms with Crippen molar-refractivity contribution >= 4 is 10.9 Å². The number of halogens is 3. The van der Waals surface area contributed by atoms with Gasteiger partial charge in [0, 0.05) is 11.6 Å². The predicted molar refractivity (Wildman–Crippen MR) is 57.1 cm³/mol. The van der Waals surface area contributed by atoms with Crippen molar-refractivity contribution in [3.05, 3.63) is 49.7 Å². The molecule has 0 aliphatic heterocycles. The van der Waals surface area contributed by atoms with Gasteiger partial charge < -0.3 is 10.1 Å². The monoisotopic (exact) mass is 257 g/mol. The Morgan fingerprint density at radius 3 is 2.33 bits per heavy atom. The lowest BCUT2D eigenvalue weighted by Gasteiger charge is -2.03. The number of fused-ring (bicyclic) bond motifs is 1. The standard InChI is InChI=1S/C11H6F3NO3/c1-3-7(12)9(14)6-10(8(3)13)15-5(17)2-4(16)11(6)18/h2H,1H3,(H,15,17)(H,16,18). The van der Waals surface area contributed by atoms with E-state index in [1.165, 1.54) is 0 Å². The summed E-state index contributed by atoms with van der Waals surface area (Å²) < 4.78 is 40.6. The molecule has 94 valence electrons. The molecule has 2 aromatic rings. The zero-order valence-electron chi connectivity index (χ0n) is 8.97. The van der Waals surface area contributed by atoms with Crippen molar-refractivity contribution in [2.75, 3.05) is 0 Å². The van der Waals surface area contributed by atoms with Gasteiger partial charge >= 0.3 is 0 Å². The molecule has 0 bridgehead atoms. The van der Waals surface area contributed by atoms with Gasteiger partial charge in [-0.15, -0.1) is 0 Å². The van der Waals surface area contributed by atoms with Crippen LogP contribution in [0.15, 0.2) is 15.7 Å². The fraction of sp³-hybridized carbons (Fsp3) is 0.0909. The average molecular weight is 257 g/mol. The van der Waals surface area contributed by atoms with Crippen LogP contribution in [0.2, 0.25) is 0 Å². The van der Waals surface area contributed by atoms with Crippen LogP contribution in [0.4, 0.5) is 13.2 Å². The van der Waals surface area contributed by atoms with Crippen molar-refractivity contribution in [1.82, 2.24) is 4.98 Å². The molecule has 0 radical (unpaired) electrons. The topological polar surface area (TPSA) is 70.2 Å². The Morgan fingerprint density at radius 2 is 1.72 bits per heavy atom. The van der Waals surface area contributed by atoms with Gasteiger partial charge in [-0.3, -0.25) is 9.59 Å². The van der Waals surface area contributed by atoms with Crippen molar-refractivity contribution < 1.29 is 18.3 Å². The van der Waals surface area contributed by atoms with Gasteiger partial charge in [-0.2, -0.15) is 0 Å². The number of benzene rings is 1. The number of aromatic nitrogens is 1. The summed E-state index contributed by atoms with van der Waals surface area (Å²) in [6, 6.07) is 0.467. The predicted octanol–water partition coefficient (Wildman–Crippen LogP) is 1.32. The summed E-state index contributed by atoms with van der Waals surface area (Å²) in [6.07, 6.45) is 0. The molecule has 0 saturated carbocycles. The van der Waals surface area contributed by atoms with Gasteiger partial charge in [-0.1, -0.05) is 0 Å². The van der Waals surface area contributed by atoms with Crippen molar-refractivity contribution in [2.45, 2.75) is 6.92 Å². The first-order chi connectivity index (χ1) is 8.34. The minimum Gasteiger partial charge on any atom is -0.504 e. The van der Waals surface area contributed by atoms with Crippen LogP contribution in [-0.4, -0.2) is 10.1 Å². The van der Waals surface area contributed by atoms with Crippen molar-refractivity contribution in [1.29, 1.82) is 0 Å². The zero-order chi connectivity index (χ0) is 13.6. The maximum atomic E-state index is 13.7. The minimum absolute atomic E-state index is 0.467. The smallest absolute Gasteiger partial charge is 0.252 e. The summed E-state index contributed by atoms with van der Waals surface area (Å²) in [5, 5.41) is 8.16. The van der Waals surface area contributed by atoms with Crippen LogP contribution in [0.1, 0.15) is 5.56 Å². The van der Waals surface area contributed by atoms with Crippen LogP contribution in [-0.2, 0) is 0 Å². The molecule has 0 unspecified atom stereocenters. The third kappa shape index (κ3) is 1.55. The molecular formula is C11H6F3NO3. The summed E-state index contributed by atoms with van der Waals surface area (Å²) in [7, 11) is 0. The number of rotatable bonds is 0. The highest BCUT2D eigenvalue weighted by molar-refractivity contribution is 5.81. The second-order valence-corrected chi connectivity index (χ2v) is 3.66. The fourth-order valence-electron chi connectivity index (χ4n) is 1.59.